The molecule has 1 aromatic heterocycles. The summed E-state index contributed by atoms with van der Waals surface area (Å²) in [6.45, 7) is 6.65. The van der Waals surface area contributed by atoms with E-state index in [1.54, 1.807) is 17.1 Å². The lowest BCUT2D eigenvalue weighted by Crippen LogP contribution is -2.40. The molecule has 1 aliphatic rings. The summed E-state index contributed by atoms with van der Waals surface area (Å²) in [4.78, 5) is 8.15. The Morgan fingerprint density at radius 2 is 2.00 bits per heavy atom. The molecule has 0 atom stereocenters. The van der Waals surface area contributed by atoms with Gasteiger partial charge in [-0.15, -0.1) is 5.53 Å². The van der Waals surface area contributed by atoms with Crippen LogP contribution in [0.1, 0.15) is 0 Å². The summed E-state index contributed by atoms with van der Waals surface area (Å²) >= 11 is 6.00. The van der Waals surface area contributed by atoms with E-state index < -0.39 is 13.9 Å². The Bertz CT molecular complexity index is 840. The molecule has 3 rings (SSSR count). The van der Waals surface area contributed by atoms with Crippen LogP contribution in [0.3, 0.4) is 0 Å². The van der Waals surface area contributed by atoms with Crippen molar-refractivity contribution < 1.29 is 9.13 Å². The molecular formula is C16H19ClFN5OSi. The van der Waals surface area contributed by atoms with E-state index in [2.05, 4.69) is 40.6 Å². The first-order valence-corrected chi connectivity index (χ1v) is 11.6. The first kappa shape index (κ1) is 17.7. The Morgan fingerprint density at radius 3 is 2.64 bits per heavy atom. The fourth-order valence-corrected chi connectivity index (χ4v) is 3.50. The van der Waals surface area contributed by atoms with Crippen LogP contribution < -0.4 is 20.7 Å². The molecule has 0 amide bonds. The number of nitrogens with one attached hydrogen (secondary N) is 2. The number of ether oxygens (including phenoxy) is 1. The van der Waals surface area contributed by atoms with Gasteiger partial charge in [0, 0.05) is 17.6 Å². The van der Waals surface area contributed by atoms with Gasteiger partial charge in [-0.3, -0.25) is 5.01 Å². The maximum absolute atomic E-state index is 14.8. The van der Waals surface area contributed by atoms with E-state index in [-0.39, 0.29) is 10.6 Å². The van der Waals surface area contributed by atoms with Gasteiger partial charge in [0.15, 0.2) is 5.82 Å². The molecule has 0 bridgehead atoms. The standard InChI is InChI=1S/C16H19ClFN5OSi/c1-24-13-7-11(19-9-20-13)15-12(6-5-10(17)16(15)18)23-8-14(21-22-23)25(2,3)4/h5-9,21-22H,1-4H3. The molecule has 0 spiro atoms. The maximum atomic E-state index is 14.8. The minimum atomic E-state index is -1.55. The Hall–Kier alpha value is -2.16. The van der Waals surface area contributed by atoms with E-state index in [1.165, 1.54) is 19.5 Å². The highest BCUT2D eigenvalue weighted by atomic mass is 35.5. The molecule has 2 N–H and O–H groups in total. The molecule has 0 fully saturated rings. The lowest BCUT2D eigenvalue weighted by molar-refractivity contribution is 0.397. The van der Waals surface area contributed by atoms with Gasteiger partial charge in [-0.1, -0.05) is 31.2 Å². The monoisotopic (exact) mass is 379 g/mol. The zero-order valence-corrected chi connectivity index (χ0v) is 16.1. The van der Waals surface area contributed by atoms with Crippen molar-refractivity contribution in [1.29, 1.82) is 0 Å². The predicted octanol–water partition coefficient (Wildman–Crippen LogP) is 3.49. The van der Waals surface area contributed by atoms with Gasteiger partial charge in [0.05, 0.1) is 29.1 Å². The van der Waals surface area contributed by atoms with Crippen molar-refractivity contribution in [2.75, 3.05) is 12.1 Å². The van der Waals surface area contributed by atoms with Crippen LogP contribution in [0.2, 0.25) is 24.7 Å². The molecule has 1 aromatic carbocycles. The second-order valence-corrected chi connectivity index (χ2v) is 12.0. The van der Waals surface area contributed by atoms with Crippen molar-refractivity contribution in [1.82, 2.24) is 20.9 Å². The van der Waals surface area contributed by atoms with Gasteiger partial charge in [-0.25, -0.2) is 14.4 Å². The maximum Gasteiger partial charge on any atom is 0.216 e. The van der Waals surface area contributed by atoms with Crippen molar-refractivity contribution in [3.8, 4) is 17.1 Å². The number of hydrogen-bond acceptors (Lipinski definition) is 6. The summed E-state index contributed by atoms with van der Waals surface area (Å²) in [5, 5.41) is 2.86. The minimum Gasteiger partial charge on any atom is -0.481 e. The van der Waals surface area contributed by atoms with Crippen molar-refractivity contribution in [2.24, 2.45) is 0 Å². The molecule has 0 aliphatic carbocycles. The lowest BCUT2D eigenvalue weighted by Gasteiger charge is -2.20. The fraction of sp³-hybridized carbons (Fsp3) is 0.250. The Kier molecular flexibility index (Phi) is 4.68. The fourth-order valence-electron chi connectivity index (χ4n) is 2.40. The average molecular weight is 380 g/mol. The lowest BCUT2D eigenvalue weighted by atomic mass is 10.1. The van der Waals surface area contributed by atoms with Crippen LogP contribution >= 0.6 is 11.6 Å². The number of nitrogens with zero attached hydrogens (tertiary/aromatic N) is 3. The van der Waals surface area contributed by atoms with Crippen LogP contribution in [0.4, 0.5) is 10.1 Å². The smallest absolute Gasteiger partial charge is 0.216 e. The van der Waals surface area contributed by atoms with E-state index in [1.807, 2.05) is 6.20 Å². The van der Waals surface area contributed by atoms with Crippen molar-refractivity contribution >= 4 is 25.4 Å². The highest BCUT2D eigenvalue weighted by Crippen LogP contribution is 2.37. The van der Waals surface area contributed by atoms with Gasteiger partial charge in [0.25, 0.3) is 0 Å². The van der Waals surface area contributed by atoms with Crippen molar-refractivity contribution in [3.63, 3.8) is 0 Å². The third kappa shape index (κ3) is 3.46. The number of benzene rings is 1. The number of rotatable bonds is 4. The molecule has 0 saturated carbocycles. The van der Waals surface area contributed by atoms with E-state index in [9.17, 15) is 4.39 Å². The SMILES string of the molecule is COc1cc(-c2c(N3C=C([Si](C)(C)C)NN3)ccc(Cl)c2F)ncn1. The molecule has 132 valence electrons. The summed E-state index contributed by atoms with van der Waals surface area (Å²) in [5.74, 6) is -0.197. The van der Waals surface area contributed by atoms with Crippen LogP contribution in [0.25, 0.3) is 11.3 Å². The highest BCUT2D eigenvalue weighted by Gasteiger charge is 2.28. The number of halogens is 2. The predicted molar refractivity (Wildman–Crippen MR) is 99.2 cm³/mol. The topological polar surface area (TPSA) is 62.3 Å². The van der Waals surface area contributed by atoms with Crippen LogP contribution in [-0.2, 0) is 0 Å². The molecule has 6 nitrogen and oxygen atoms in total. The van der Waals surface area contributed by atoms with Crippen molar-refractivity contribution in [2.45, 2.75) is 19.6 Å². The molecule has 2 heterocycles. The molecule has 9 heteroatoms. The molecule has 1 aliphatic heterocycles. The summed E-state index contributed by atoms with van der Waals surface area (Å²) < 4.78 is 20.0. The number of anilines is 1. The van der Waals surface area contributed by atoms with Gasteiger partial charge in [-0.2, -0.15) is 0 Å². The molecule has 0 unspecified atom stereocenters. The van der Waals surface area contributed by atoms with Gasteiger partial charge in [0.1, 0.15) is 14.4 Å². The molecule has 0 radical (unpaired) electrons. The van der Waals surface area contributed by atoms with Gasteiger partial charge in [0.2, 0.25) is 5.88 Å². The Labute approximate surface area is 151 Å². The van der Waals surface area contributed by atoms with Crippen LogP contribution in [0.5, 0.6) is 5.88 Å². The first-order valence-electron chi connectivity index (χ1n) is 7.69. The van der Waals surface area contributed by atoms with E-state index in [4.69, 9.17) is 16.3 Å². The number of hydrazine groups is 2. The third-order valence-corrected chi connectivity index (χ3v) is 5.98. The Balaban J connectivity index is 2.13. The molecular weight excluding hydrogens is 361 g/mol. The molecule has 2 aromatic rings. The summed E-state index contributed by atoms with van der Waals surface area (Å²) in [6.07, 6.45) is 3.27. The average Bonchev–Trinajstić information content (AvgIpc) is 3.07. The zero-order valence-electron chi connectivity index (χ0n) is 14.4. The van der Waals surface area contributed by atoms with Gasteiger partial charge < -0.3 is 10.2 Å². The third-order valence-electron chi connectivity index (χ3n) is 3.82. The summed E-state index contributed by atoms with van der Waals surface area (Å²) in [6, 6.07) is 4.84. The molecule has 25 heavy (non-hydrogen) atoms. The quantitative estimate of drug-likeness (QED) is 0.793. The zero-order chi connectivity index (χ0) is 18.2. The second-order valence-electron chi connectivity index (χ2n) is 6.60. The van der Waals surface area contributed by atoms with E-state index in [0.29, 0.717) is 17.3 Å². The van der Waals surface area contributed by atoms with Crippen LogP contribution in [0, 0.1) is 5.82 Å². The minimum absolute atomic E-state index is 0.0258. The molecule has 0 saturated heterocycles. The van der Waals surface area contributed by atoms with E-state index >= 15 is 0 Å². The van der Waals surface area contributed by atoms with Gasteiger partial charge in [-0.05, 0) is 12.1 Å². The normalized spacial score (nSPS) is 14.3. The number of hydrogen-bond donors (Lipinski definition) is 2. The van der Waals surface area contributed by atoms with E-state index in [0.717, 1.165) is 5.32 Å². The second kappa shape index (κ2) is 6.62. The van der Waals surface area contributed by atoms with Gasteiger partial charge >= 0.3 is 0 Å². The number of aromatic nitrogens is 2. The Morgan fingerprint density at radius 1 is 1.24 bits per heavy atom. The summed E-state index contributed by atoms with van der Waals surface area (Å²) in [5.41, 5.74) is 7.47. The largest absolute Gasteiger partial charge is 0.481 e. The number of methoxy groups -OCH3 is 1. The van der Waals surface area contributed by atoms with Crippen LogP contribution in [0.15, 0.2) is 36.0 Å². The highest BCUT2D eigenvalue weighted by molar-refractivity contribution is 6.83. The van der Waals surface area contributed by atoms with Crippen LogP contribution in [-0.4, -0.2) is 25.2 Å². The summed E-state index contributed by atoms with van der Waals surface area (Å²) in [7, 11) is -0.0581. The van der Waals surface area contributed by atoms with Crippen molar-refractivity contribution in [3.05, 3.63) is 46.9 Å². The first-order chi connectivity index (χ1) is 11.8.